The van der Waals surface area contributed by atoms with Gasteiger partial charge in [0.1, 0.15) is 0 Å². The van der Waals surface area contributed by atoms with Crippen molar-refractivity contribution in [3.05, 3.63) is 23.3 Å². The van der Waals surface area contributed by atoms with E-state index in [1.54, 1.807) is 0 Å². The summed E-state index contributed by atoms with van der Waals surface area (Å²) in [5, 5.41) is 0. The van der Waals surface area contributed by atoms with Crippen LogP contribution in [0.15, 0.2) is 23.3 Å². The molecule has 2 aliphatic carbocycles. The van der Waals surface area contributed by atoms with Gasteiger partial charge in [0.05, 0.1) is 0 Å². The van der Waals surface area contributed by atoms with Crippen LogP contribution in [0, 0.1) is 5.92 Å². The van der Waals surface area contributed by atoms with Crippen LogP contribution in [0.4, 0.5) is 0 Å². The van der Waals surface area contributed by atoms with Crippen molar-refractivity contribution in [1.29, 1.82) is 0 Å². The number of fused-ring (bicyclic) bond motifs is 1. The number of carbonyl (C=O) groups excluding carboxylic acids is 1. The summed E-state index contributed by atoms with van der Waals surface area (Å²) in [6.45, 7) is 2.25. The largest absolute Gasteiger partial charge is 0.294 e. The third-order valence-corrected chi connectivity index (χ3v) is 2.99. The van der Waals surface area contributed by atoms with E-state index in [1.165, 1.54) is 5.57 Å². The number of rotatable bonds is 0. The van der Waals surface area contributed by atoms with Gasteiger partial charge in [0.15, 0.2) is 5.78 Å². The molecule has 1 fully saturated rings. The maximum absolute atomic E-state index is 11.6. The van der Waals surface area contributed by atoms with Gasteiger partial charge >= 0.3 is 0 Å². The van der Waals surface area contributed by atoms with Crippen LogP contribution in [0.3, 0.4) is 0 Å². The van der Waals surface area contributed by atoms with Gasteiger partial charge in [0, 0.05) is 12.0 Å². The SMILES string of the molecule is CC1CC=C2CCCC(=O)C2=CC1. The molecule has 0 bridgehead atoms. The van der Waals surface area contributed by atoms with E-state index in [2.05, 4.69) is 19.1 Å². The average Bonchev–Trinajstić information content (AvgIpc) is 2.30. The predicted molar refractivity (Wildman–Crippen MR) is 53.4 cm³/mol. The van der Waals surface area contributed by atoms with Crippen LogP contribution in [-0.2, 0) is 4.79 Å². The van der Waals surface area contributed by atoms with Gasteiger partial charge in [-0.3, -0.25) is 4.79 Å². The molecular formula is C12H16O. The number of hydrogen-bond acceptors (Lipinski definition) is 1. The quantitative estimate of drug-likeness (QED) is 0.554. The van der Waals surface area contributed by atoms with E-state index >= 15 is 0 Å². The third kappa shape index (κ3) is 1.74. The zero-order valence-corrected chi connectivity index (χ0v) is 8.18. The molecule has 2 rings (SSSR count). The van der Waals surface area contributed by atoms with Crippen LogP contribution in [0.1, 0.15) is 39.0 Å². The smallest absolute Gasteiger partial charge is 0.162 e. The zero-order valence-electron chi connectivity index (χ0n) is 8.18. The fourth-order valence-electron chi connectivity index (χ4n) is 2.10. The molecule has 0 aliphatic heterocycles. The maximum Gasteiger partial charge on any atom is 0.162 e. The van der Waals surface area contributed by atoms with E-state index in [0.717, 1.165) is 37.7 Å². The maximum atomic E-state index is 11.6. The molecule has 0 heterocycles. The lowest BCUT2D eigenvalue weighted by Gasteiger charge is -2.15. The van der Waals surface area contributed by atoms with E-state index in [4.69, 9.17) is 0 Å². The number of Topliss-reactive ketones (excluding diaryl/α,β-unsaturated/α-hetero) is 1. The number of carbonyl (C=O) groups is 1. The van der Waals surface area contributed by atoms with E-state index in [9.17, 15) is 4.79 Å². The number of hydrogen-bond donors (Lipinski definition) is 0. The Morgan fingerprint density at radius 1 is 1.23 bits per heavy atom. The van der Waals surface area contributed by atoms with Gasteiger partial charge in [-0.2, -0.15) is 0 Å². The van der Waals surface area contributed by atoms with Crippen LogP contribution in [-0.4, -0.2) is 5.78 Å². The van der Waals surface area contributed by atoms with Crippen molar-refractivity contribution in [2.45, 2.75) is 39.0 Å². The van der Waals surface area contributed by atoms with Crippen molar-refractivity contribution >= 4 is 5.78 Å². The molecule has 0 aromatic rings. The van der Waals surface area contributed by atoms with Gasteiger partial charge in [-0.15, -0.1) is 0 Å². The van der Waals surface area contributed by atoms with Crippen molar-refractivity contribution < 1.29 is 4.79 Å². The Balaban J connectivity index is 2.29. The summed E-state index contributed by atoms with van der Waals surface area (Å²) in [6, 6.07) is 0. The molecule has 13 heavy (non-hydrogen) atoms. The van der Waals surface area contributed by atoms with Gasteiger partial charge in [-0.1, -0.05) is 19.1 Å². The molecule has 1 nitrogen and oxygen atoms in total. The number of allylic oxidation sites excluding steroid dienone is 4. The summed E-state index contributed by atoms with van der Waals surface area (Å²) >= 11 is 0. The van der Waals surface area contributed by atoms with E-state index < -0.39 is 0 Å². The second kappa shape index (κ2) is 3.49. The lowest BCUT2D eigenvalue weighted by atomic mass is 9.88. The summed E-state index contributed by atoms with van der Waals surface area (Å²) < 4.78 is 0. The van der Waals surface area contributed by atoms with Gasteiger partial charge in [-0.25, -0.2) is 0 Å². The molecule has 0 spiro atoms. The molecule has 1 heteroatoms. The second-order valence-electron chi connectivity index (χ2n) is 4.20. The van der Waals surface area contributed by atoms with Crippen LogP contribution in [0.2, 0.25) is 0 Å². The molecule has 0 radical (unpaired) electrons. The molecule has 0 aromatic heterocycles. The van der Waals surface area contributed by atoms with Gasteiger partial charge in [0.2, 0.25) is 0 Å². The Morgan fingerprint density at radius 3 is 2.85 bits per heavy atom. The van der Waals surface area contributed by atoms with E-state index in [1.807, 2.05) is 0 Å². The highest BCUT2D eigenvalue weighted by Gasteiger charge is 2.21. The fraction of sp³-hybridized carbons (Fsp3) is 0.583. The third-order valence-electron chi connectivity index (χ3n) is 2.99. The molecule has 0 saturated heterocycles. The van der Waals surface area contributed by atoms with Crippen LogP contribution in [0.5, 0.6) is 0 Å². The monoisotopic (exact) mass is 176 g/mol. The molecule has 2 aliphatic rings. The Kier molecular flexibility index (Phi) is 2.34. The Labute approximate surface area is 79.5 Å². The van der Waals surface area contributed by atoms with Gasteiger partial charge in [-0.05, 0) is 37.2 Å². The first-order valence-corrected chi connectivity index (χ1v) is 5.20. The second-order valence-corrected chi connectivity index (χ2v) is 4.20. The van der Waals surface area contributed by atoms with Crippen LogP contribution >= 0.6 is 0 Å². The molecule has 0 amide bonds. The first-order chi connectivity index (χ1) is 6.27. The fourth-order valence-corrected chi connectivity index (χ4v) is 2.10. The Hall–Kier alpha value is -0.850. The molecule has 0 aromatic carbocycles. The highest BCUT2D eigenvalue weighted by molar-refractivity contribution is 6.00. The summed E-state index contributed by atoms with van der Waals surface area (Å²) in [4.78, 5) is 11.6. The van der Waals surface area contributed by atoms with Crippen LogP contribution < -0.4 is 0 Å². The van der Waals surface area contributed by atoms with Crippen molar-refractivity contribution in [3.8, 4) is 0 Å². The highest BCUT2D eigenvalue weighted by Crippen LogP contribution is 2.30. The lowest BCUT2D eigenvalue weighted by Crippen LogP contribution is -2.10. The Morgan fingerprint density at radius 2 is 2.00 bits per heavy atom. The van der Waals surface area contributed by atoms with E-state index in [-0.39, 0.29) is 0 Å². The van der Waals surface area contributed by atoms with Crippen molar-refractivity contribution in [3.63, 3.8) is 0 Å². The Bertz CT molecular complexity index is 283. The molecule has 1 atom stereocenters. The lowest BCUT2D eigenvalue weighted by molar-refractivity contribution is -0.115. The summed E-state index contributed by atoms with van der Waals surface area (Å²) in [7, 11) is 0. The predicted octanol–water partition coefficient (Wildman–Crippen LogP) is 3.02. The minimum Gasteiger partial charge on any atom is -0.294 e. The molecule has 1 unspecified atom stereocenters. The highest BCUT2D eigenvalue weighted by atomic mass is 16.1. The van der Waals surface area contributed by atoms with Crippen molar-refractivity contribution in [2.75, 3.05) is 0 Å². The molecule has 1 saturated carbocycles. The van der Waals surface area contributed by atoms with E-state index in [0.29, 0.717) is 11.7 Å². The van der Waals surface area contributed by atoms with Crippen LogP contribution in [0.25, 0.3) is 0 Å². The van der Waals surface area contributed by atoms with Gasteiger partial charge < -0.3 is 0 Å². The zero-order chi connectivity index (χ0) is 9.26. The summed E-state index contributed by atoms with van der Waals surface area (Å²) in [6.07, 6.45) is 9.58. The molecule has 0 N–H and O–H groups in total. The minimum atomic E-state index is 0.367. The summed E-state index contributed by atoms with van der Waals surface area (Å²) in [5.74, 6) is 1.07. The first kappa shape index (κ1) is 8.74. The van der Waals surface area contributed by atoms with Crippen molar-refractivity contribution in [1.82, 2.24) is 0 Å². The van der Waals surface area contributed by atoms with Crippen molar-refractivity contribution in [2.24, 2.45) is 5.92 Å². The topological polar surface area (TPSA) is 17.1 Å². The molecule has 70 valence electrons. The summed E-state index contributed by atoms with van der Waals surface area (Å²) in [5.41, 5.74) is 2.36. The standard InChI is InChI=1S/C12H16O/c1-9-5-7-10-3-2-4-12(13)11(10)8-6-9/h7-9H,2-6H2,1H3. The normalized spacial score (nSPS) is 28.7. The number of ketones is 1. The minimum absolute atomic E-state index is 0.367. The molecular weight excluding hydrogens is 160 g/mol. The van der Waals surface area contributed by atoms with Gasteiger partial charge in [0.25, 0.3) is 0 Å². The average molecular weight is 176 g/mol. The first-order valence-electron chi connectivity index (χ1n) is 5.20.